The summed E-state index contributed by atoms with van der Waals surface area (Å²) in [6, 6.07) is 0. The molecular formula is C42H68O6. The molecule has 272 valence electrons. The van der Waals surface area contributed by atoms with Crippen LogP contribution in [0.3, 0.4) is 0 Å². The number of allylic oxidation sites excluding steroid dienone is 2. The number of esters is 1. The van der Waals surface area contributed by atoms with E-state index in [1.807, 2.05) is 0 Å². The third kappa shape index (κ3) is 10.5. The number of ketones is 3. The van der Waals surface area contributed by atoms with Crippen molar-refractivity contribution in [3.05, 3.63) is 24.8 Å². The Morgan fingerprint density at radius 2 is 1.58 bits per heavy atom. The second kappa shape index (κ2) is 15.9. The summed E-state index contributed by atoms with van der Waals surface area (Å²) in [5.41, 5.74) is -1.11. The summed E-state index contributed by atoms with van der Waals surface area (Å²) in [6.45, 7) is 26.2. The van der Waals surface area contributed by atoms with Gasteiger partial charge in [-0.05, 0) is 108 Å². The fraction of sp³-hybridized carbons (Fsp3) is 0.810. The first-order valence-electron chi connectivity index (χ1n) is 18.9. The highest BCUT2D eigenvalue weighted by Crippen LogP contribution is 2.71. The second-order valence-corrected chi connectivity index (χ2v) is 18.7. The van der Waals surface area contributed by atoms with Crippen molar-refractivity contribution in [2.45, 2.75) is 163 Å². The fourth-order valence-corrected chi connectivity index (χ4v) is 9.33. The first-order valence-corrected chi connectivity index (χ1v) is 18.9. The van der Waals surface area contributed by atoms with Crippen molar-refractivity contribution in [3.63, 3.8) is 0 Å². The van der Waals surface area contributed by atoms with Crippen LogP contribution in [0.1, 0.15) is 152 Å². The molecule has 0 radical (unpaired) electrons. The molecule has 3 aliphatic carbocycles. The standard InChI is InChI=1S/C42H68O6/c1-12-13-20-29(42(11,47)34(44)21-17-22-35(45)48-40(6,7)8)24-33(43)36-31(25-32-37(36)41(32,9)10)38(46)30(28-18-15-14-16-19-28)23-27(2)26-39(3,4)5/h12,28-32,36-37,47H,1-2,13-26H2,3-11H3. The van der Waals surface area contributed by atoms with Gasteiger partial charge in [0.2, 0.25) is 0 Å². The van der Waals surface area contributed by atoms with Gasteiger partial charge < -0.3 is 9.84 Å². The first-order chi connectivity index (χ1) is 22.1. The molecule has 48 heavy (non-hydrogen) atoms. The van der Waals surface area contributed by atoms with E-state index < -0.39 is 17.1 Å². The Morgan fingerprint density at radius 3 is 2.15 bits per heavy atom. The normalized spacial score (nSPS) is 26.5. The number of carbonyl (C=O) groups is 4. The molecule has 0 aromatic carbocycles. The van der Waals surface area contributed by atoms with Crippen LogP contribution in [0.2, 0.25) is 0 Å². The zero-order chi connectivity index (χ0) is 36.2. The van der Waals surface area contributed by atoms with Crippen LogP contribution < -0.4 is 0 Å². The van der Waals surface area contributed by atoms with Gasteiger partial charge in [0.1, 0.15) is 22.8 Å². The molecule has 3 fully saturated rings. The molecule has 0 bridgehead atoms. The maximum atomic E-state index is 14.7. The van der Waals surface area contributed by atoms with Crippen molar-refractivity contribution in [3.8, 4) is 0 Å². The summed E-state index contributed by atoms with van der Waals surface area (Å²) in [5, 5.41) is 11.7. The van der Waals surface area contributed by atoms with Gasteiger partial charge in [-0.25, -0.2) is 0 Å². The van der Waals surface area contributed by atoms with Gasteiger partial charge in [0.05, 0.1) is 0 Å². The van der Waals surface area contributed by atoms with Crippen LogP contribution >= 0.6 is 0 Å². The summed E-state index contributed by atoms with van der Waals surface area (Å²) in [7, 11) is 0. The van der Waals surface area contributed by atoms with E-state index in [-0.39, 0.29) is 83.5 Å². The molecule has 0 aromatic rings. The highest BCUT2D eigenvalue weighted by Gasteiger charge is 2.69. The summed E-state index contributed by atoms with van der Waals surface area (Å²) < 4.78 is 5.37. The first kappa shape index (κ1) is 40.4. The lowest BCUT2D eigenvalue weighted by Gasteiger charge is -2.36. The molecule has 3 saturated carbocycles. The van der Waals surface area contributed by atoms with Gasteiger partial charge in [0, 0.05) is 42.9 Å². The number of hydrogen-bond acceptors (Lipinski definition) is 6. The molecule has 0 amide bonds. The summed E-state index contributed by atoms with van der Waals surface area (Å²) in [4.78, 5) is 54.9. The Kier molecular flexibility index (Phi) is 13.3. The van der Waals surface area contributed by atoms with E-state index in [1.165, 1.54) is 13.3 Å². The minimum Gasteiger partial charge on any atom is -0.460 e. The van der Waals surface area contributed by atoms with E-state index in [1.54, 1.807) is 26.8 Å². The topological polar surface area (TPSA) is 97.7 Å². The lowest BCUT2D eigenvalue weighted by atomic mass is 9.67. The number of rotatable bonds is 18. The molecule has 6 heteroatoms. The van der Waals surface area contributed by atoms with E-state index in [0.29, 0.717) is 31.1 Å². The van der Waals surface area contributed by atoms with Crippen molar-refractivity contribution < 1.29 is 29.0 Å². The Balaban J connectivity index is 1.81. The average Bonchev–Trinajstić information content (AvgIpc) is 3.27. The molecule has 7 unspecified atom stereocenters. The van der Waals surface area contributed by atoms with Crippen LogP contribution in [0.15, 0.2) is 24.8 Å². The summed E-state index contributed by atoms with van der Waals surface area (Å²) in [5.74, 6) is -1.06. The highest BCUT2D eigenvalue weighted by molar-refractivity contribution is 5.94. The summed E-state index contributed by atoms with van der Waals surface area (Å²) >= 11 is 0. The lowest BCUT2D eigenvalue weighted by molar-refractivity contribution is -0.155. The predicted molar refractivity (Wildman–Crippen MR) is 193 cm³/mol. The minimum atomic E-state index is -1.74. The Labute approximate surface area is 292 Å². The molecule has 0 aliphatic heterocycles. The molecule has 0 spiro atoms. The van der Waals surface area contributed by atoms with Gasteiger partial charge in [0.25, 0.3) is 0 Å². The molecule has 7 atom stereocenters. The van der Waals surface area contributed by atoms with Crippen molar-refractivity contribution in [1.29, 1.82) is 0 Å². The van der Waals surface area contributed by atoms with Crippen LogP contribution in [-0.2, 0) is 23.9 Å². The third-order valence-electron chi connectivity index (χ3n) is 11.8. The lowest BCUT2D eigenvalue weighted by Crippen LogP contribution is -2.45. The van der Waals surface area contributed by atoms with E-state index in [9.17, 15) is 24.3 Å². The second-order valence-electron chi connectivity index (χ2n) is 18.7. The highest BCUT2D eigenvalue weighted by atomic mass is 16.6. The quantitative estimate of drug-likeness (QED) is 0.115. The molecular weight excluding hydrogens is 600 g/mol. The maximum absolute atomic E-state index is 14.7. The number of ether oxygens (including phenoxy) is 1. The third-order valence-corrected chi connectivity index (χ3v) is 11.8. The SMILES string of the molecule is C=CCCC(CC(=O)C1C(C(=O)C(CC(=C)CC(C)(C)C)C2CCCCC2)CC2C1C2(C)C)C(C)(O)C(=O)CCCC(=O)OC(C)(C)C. The molecule has 3 rings (SSSR count). The monoisotopic (exact) mass is 669 g/mol. The predicted octanol–water partition coefficient (Wildman–Crippen LogP) is 9.42. The molecule has 0 aromatic heterocycles. The molecule has 0 heterocycles. The Hall–Kier alpha value is -2.08. The Bertz CT molecular complexity index is 1190. The molecule has 0 saturated heterocycles. The van der Waals surface area contributed by atoms with Crippen LogP contribution in [0.5, 0.6) is 0 Å². The molecule has 3 aliphatic rings. The number of aliphatic hydroxyl groups is 1. The van der Waals surface area contributed by atoms with Gasteiger partial charge in [-0.1, -0.05) is 72.1 Å². The smallest absolute Gasteiger partial charge is 0.306 e. The number of fused-ring (bicyclic) bond motifs is 1. The zero-order valence-electron chi connectivity index (χ0n) is 31.9. The Morgan fingerprint density at radius 1 is 0.958 bits per heavy atom. The number of carbonyl (C=O) groups excluding carboxylic acids is 4. The van der Waals surface area contributed by atoms with Crippen LogP contribution in [0.4, 0.5) is 0 Å². The van der Waals surface area contributed by atoms with Crippen molar-refractivity contribution in [1.82, 2.24) is 0 Å². The van der Waals surface area contributed by atoms with E-state index in [2.05, 4.69) is 47.8 Å². The van der Waals surface area contributed by atoms with Crippen molar-refractivity contribution in [2.75, 3.05) is 0 Å². The largest absolute Gasteiger partial charge is 0.460 e. The number of Topliss-reactive ketones (excluding diaryl/α,β-unsaturated/α-hetero) is 3. The van der Waals surface area contributed by atoms with E-state index in [4.69, 9.17) is 4.74 Å². The van der Waals surface area contributed by atoms with E-state index in [0.717, 1.165) is 44.1 Å². The van der Waals surface area contributed by atoms with Gasteiger partial charge in [-0.3, -0.25) is 19.2 Å². The van der Waals surface area contributed by atoms with Crippen LogP contribution in [0, 0.1) is 52.3 Å². The maximum Gasteiger partial charge on any atom is 0.306 e. The summed E-state index contributed by atoms with van der Waals surface area (Å²) in [6.07, 6.45) is 11.2. The van der Waals surface area contributed by atoms with Gasteiger partial charge in [-0.2, -0.15) is 0 Å². The van der Waals surface area contributed by atoms with Gasteiger partial charge in [-0.15, -0.1) is 6.58 Å². The zero-order valence-corrected chi connectivity index (χ0v) is 31.9. The van der Waals surface area contributed by atoms with Crippen molar-refractivity contribution >= 4 is 23.3 Å². The van der Waals surface area contributed by atoms with Crippen molar-refractivity contribution in [2.24, 2.45) is 52.3 Å². The van der Waals surface area contributed by atoms with Crippen LogP contribution in [0.25, 0.3) is 0 Å². The average molecular weight is 669 g/mol. The fourth-order valence-electron chi connectivity index (χ4n) is 9.33. The molecule has 1 N–H and O–H groups in total. The van der Waals surface area contributed by atoms with Crippen LogP contribution in [-0.4, -0.2) is 39.6 Å². The minimum absolute atomic E-state index is 0.00386. The van der Waals surface area contributed by atoms with Gasteiger partial charge in [0.15, 0.2) is 5.78 Å². The van der Waals surface area contributed by atoms with E-state index >= 15 is 0 Å². The van der Waals surface area contributed by atoms with Gasteiger partial charge >= 0.3 is 5.97 Å². The molecule has 6 nitrogen and oxygen atoms in total. The number of hydrogen-bond donors (Lipinski definition) is 1.